The molecule has 0 radical (unpaired) electrons. The number of benzene rings is 2. The lowest BCUT2D eigenvalue weighted by Gasteiger charge is -2.09. The lowest BCUT2D eigenvalue weighted by atomic mass is 10.2. The van der Waals surface area contributed by atoms with Gasteiger partial charge in [0.25, 0.3) is 0 Å². The molecule has 108 valence electrons. The molecule has 0 aromatic heterocycles. The summed E-state index contributed by atoms with van der Waals surface area (Å²) in [7, 11) is 0. The number of hydrogen-bond acceptors (Lipinski definition) is 5. The molecule has 0 unspecified atom stereocenters. The Labute approximate surface area is 127 Å². The van der Waals surface area contributed by atoms with E-state index >= 15 is 0 Å². The largest absolute Gasteiger partial charge is 0.443 e. The smallest absolute Gasteiger partial charge is 0.312 e. The Morgan fingerprint density at radius 1 is 1.05 bits per heavy atom. The van der Waals surface area contributed by atoms with Crippen LogP contribution in [0, 0.1) is 27.2 Å². The van der Waals surface area contributed by atoms with Crippen LogP contribution in [-0.2, 0) is 0 Å². The second kappa shape index (κ2) is 5.88. The van der Waals surface area contributed by atoms with Gasteiger partial charge in [-0.1, -0.05) is 28.1 Å². The highest BCUT2D eigenvalue weighted by molar-refractivity contribution is 9.10. The second-order valence-corrected chi connectivity index (χ2v) is 5.07. The maximum atomic E-state index is 11.0. The Bertz CT molecular complexity index is 732. The van der Waals surface area contributed by atoms with Crippen LogP contribution in [0.25, 0.3) is 0 Å². The molecule has 7 nitrogen and oxygen atoms in total. The first-order valence-electron chi connectivity index (χ1n) is 5.76. The molecule has 0 aliphatic carbocycles. The van der Waals surface area contributed by atoms with Crippen molar-refractivity contribution >= 4 is 27.3 Å². The summed E-state index contributed by atoms with van der Waals surface area (Å²) in [5, 5.41) is 22.1. The molecule has 0 atom stereocenters. The van der Waals surface area contributed by atoms with E-state index in [1.807, 2.05) is 0 Å². The first-order valence-corrected chi connectivity index (χ1v) is 6.55. The molecule has 0 fully saturated rings. The van der Waals surface area contributed by atoms with Crippen LogP contribution in [0.5, 0.6) is 11.5 Å². The SMILES string of the molecule is Cc1cccc([N+](=O)[O-])c1Oc1ccc(Br)cc1[N+](=O)[O-]. The first kappa shape index (κ1) is 14.9. The minimum Gasteiger partial charge on any atom is -0.443 e. The van der Waals surface area contributed by atoms with Crippen LogP contribution >= 0.6 is 15.9 Å². The molecular weight excluding hydrogens is 344 g/mol. The van der Waals surface area contributed by atoms with Crippen molar-refractivity contribution in [3.8, 4) is 11.5 Å². The van der Waals surface area contributed by atoms with Crippen LogP contribution in [0.3, 0.4) is 0 Å². The van der Waals surface area contributed by atoms with E-state index < -0.39 is 9.85 Å². The van der Waals surface area contributed by atoms with Crippen molar-refractivity contribution in [2.75, 3.05) is 0 Å². The van der Waals surface area contributed by atoms with Gasteiger partial charge in [0.1, 0.15) is 0 Å². The monoisotopic (exact) mass is 352 g/mol. The van der Waals surface area contributed by atoms with E-state index in [4.69, 9.17) is 4.74 Å². The van der Waals surface area contributed by atoms with Gasteiger partial charge < -0.3 is 4.74 Å². The minimum absolute atomic E-state index is 0.00655. The van der Waals surface area contributed by atoms with Crippen LogP contribution in [0.2, 0.25) is 0 Å². The third kappa shape index (κ3) is 3.16. The van der Waals surface area contributed by atoms with E-state index in [2.05, 4.69) is 15.9 Å². The third-order valence-electron chi connectivity index (χ3n) is 2.72. The maximum absolute atomic E-state index is 11.0. The number of nitro groups is 2. The maximum Gasteiger partial charge on any atom is 0.312 e. The number of halogens is 1. The number of hydrogen-bond donors (Lipinski definition) is 0. The predicted octanol–water partition coefficient (Wildman–Crippen LogP) is 4.37. The van der Waals surface area contributed by atoms with E-state index in [0.717, 1.165) is 0 Å². The Morgan fingerprint density at radius 3 is 2.33 bits per heavy atom. The van der Waals surface area contributed by atoms with E-state index in [-0.39, 0.29) is 22.9 Å². The van der Waals surface area contributed by atoms with Gasteiger partial charge in [-0.15, -0.1) is 0 Å². The quantitative estimate of drug-likeness (QED) is 0.601. The lowest BCUT2D eigenvalue weighted by Crippen LogP contribution is -1.98. The number of nitrogens with zero attached hydrogens (tertiary/aromatic N) is 2. The standard InChI is InChI=1S/C13H9BrN2O5/c1-8-3-2-4-10(15(17)18)13(8)21-12-6-5-9(14)7-11(12)16(19)20/h2-7H,1H3. The zero-order valence-electron chi connectivity index (χ0n) is 10.8. The van der Waals surface area contributed by atoms with Crippen LogP contribution in [0.15, 0.2) is 40.9 Å². The Balaban J connectivity index is 2.53. The highest BCUT2D eigenvalue weighted by atomic mass is 79.9. The van der Waals surface area contributed by atoms with Crippen molar-refractivity contribution < 1.29 is 14.6 Å². The number of aryl methyl sites for hydroxylation is 1. The van der Waals surface area contributed by atoms with Gasteiger partial charge in [-0.2, -0.15) is 0 Å². The van der Waals surface area contributed by atoms with Gasteiger partial charge in [0.2, 0.25) is 11.5 Å². The van der Waals surface area contributed by atoms with Gasteiger partial charge >= 0.3 is 11.4 Å². The molecule has 0 spiro atoms. The van der Waals surface area contributed by atoms with Crippen LogP contribution in [-0.4, -0.2) is 9.85 Å². The molecule has 0 saturated carbocycles. The summed E-state index contributed by atoms with van der Waals surface area (Å²) < 4.78 is 5.96. The van der Waals surface area contributed by atoms with E-state index in [1.54, 1.807) is 19.1 Å². The summed E-state index contributed by atoms with van der Waals surface area (Å²) in [4.78, 5) is 20.9. The second-order valence-electron chi connectivity index (χ2n) is 4.15. The Morgan fingerprint density at radius 2 is 1.71 bits per heavy atom. The molecule has 0 amide bonds. The van der Waals surface area contributed by atoms with Crippen molar-refractivity contribution in [3.63, 3.8) is 0 Å². The summed E-state index contributed by atoms with van der Waals surface area (Å²) in [6, 6.07) is 8.67. The molecule has 0 bridgehead atoms. The summed E-state index contributed by atoms with van der Waals surface area (Å²) in [5.74, 6) is -0.0616. The molecule has 0 saturated heterocycles. The van der Waals surface area contributed by atoms with Gasteiger partial charge in [0, 0.05) is 16.6 Å². The summed E-state index contributed by atoms with van der Waals surface area (Å²) in [5.41, 5.74) is -0.00411. The molecule has 0 aliphatic heterocycles. The van der Waals surface area contributed by atoms with Crippen LogP contribution in [0.1, 0.15) is 5.56 Å². The number of nitro benzene ring substituents is 2. The fourth-order valence-corrected chi connectivity index (χ4v) is 2.09. The van der Waals surface area contributed by atoms with Crippen molar-refractivity contribution in [1.29, 1.82) is 0 Å². The normalized spacial score (nSPS) is 10.2. The summed E-state index contributed by atoms with van der Waals surface area (Å²) in [6.07, 6.45) is 0. The number of ether oxygens (including phenoxy) is 1. The zero-order chi connectivity index (χ0) is 15.6. The van der Waals surface area contributed by atoms with Crippen molar-refractivity contribution in [1.82, 2.24) is 0 Å². The van der Waals surface area contributed by atoms with E-state index in [9.17, 15) is 20.2 Å². The van der Waals surface area contributed by atoms with Gasteiger partial charge in [0.15, 0.2) is 0 Å². The zero-order valence-corrected chi connectivity index (χ0v) is 12.4. The molecule has 2 aromatic carbocycles. The highest BCUT2D eigenvalue weighted by Gasteiger charge is 2.22. The molecule has 8 heteroatoms. The Kier molecular flexibility index (Phi) is 4.18. The van der Waals surface area contributed by atoms with E-state index in [0.29, 0.717) is 10.0 Å². The van der Waals surface area contributed by atoms with Crippen molar-refractivity contribution in [2.45, 2.75) is 6.92 Å². The van der Waals surface area contributed by atoms with Gasteiger partial charge in [-0.3, -0.25) is 20.2 Å². The summed E-state index contributed by atoms with van der Waals surface area (Å²) in [6.45, 7) is 1.63. The summed E-state index contributed by atoms with van der Waals surface area (Å²) >= 11 is 3.13. The van der Waals surface area contributed by atoms with Crippen LogP contribution in [0.4, 0.5) is 11.4 Å². The third-order valence-corrected chi connectivity index (χ3v) is 3.21. The average Bonchev–Trinajstić information content (AvgIpc) is 2.42. The molecule has 2 rings (SSSR count). The molecule has 2 aromatic rings. The average molecular weight is 353 g/mol. The molecular formula is C13H9BrN2O5. The van der Waals surface area contributed by atoms with Gasteiger partial charge in [-0.25, -0.2) is 0 Å². The number of para-hydroxylation sites is 1. The predicted molar refractivity (Wildman–Crippen MR) is 78.7 cm³/mol. The fraction of sp³-hybridized carbons (Fsp3) is 0.0769. The topological polar surface area (TPSA) is 95.5 Å². The highest BCUT2D eigenvalue weighted by Crippen LogP contribution is 2.39. The Hall–Kier alpha value is -2.48. The molecule has 0 aliphatic rings. The lowest BCUT2D eigenvalue weighted by molar-refractivity contribution is -0.387. The molecule has 0 heterocycles. The molecule has 21 heavy (non-hydrogen) atoms. The van der Waals surface area contributed by atoms with Crippen molar-refractivity contribution in [3.05, 3.63) is 66.7 Å². The van der Waals surface area contributed by atoms with E-state index in [1.165, 1.54) is 24.3 Å². The first-order chi connectivity index (χ1) is 9.90. The van der Waals surface area contributed by atoms with Crippen molar-refractivity contribution in [2.24, 2.45) is 0 Å². The minimum atomic E-state index is -0.607. The molecule has 0 N–H and O–H groups in total. The van der Waals surface area contributed by atoms with Gasteiger partial charge in [0.05, 0.1) is 9.85 Å². The van der Waals surface area contributed by atoms with Crippen LogP contribution < -0.4 is 4.74 Å². The number of rotatable bonds is 4. The van der Waals surface area contributed by atoms with Gasteiger partial charge in [-0.05, 0) is 24.6 Å². The fourth-order valence-electron chi connectivity index (χ4n) is 1.74.